The van der Waals surface area contributed by atoms with Crippen LogP contribution in [0.5, 0.6) is 0 Å². The molecule has 0 saturated carbocycles. The van der Waals surface area contributed by atoms with Gasteiger partial charge in [0.2, 0.25) is 0 Å². The minimum atomic E-state index is -2.37. The van der Waals surface area contributed by atoms with E-state index < -0.39 is 17.0 Å². The molecule has 0 amide bonds. The Kier molecular flexibility index (Phi) is 12.7. The predicted octanol–water partition coefficient (Wildman–Crippen LogP) is 6.17. The third-order valence-electron chi connectivity index (χ3n) is 4.55. The third kappa shape index (κ3) is 8.63. The maximum atomic E-state index is 4.76. The van der Waals surface area contributed by atoms with Gasteiger partial charge in [0.1, 0.15) is 0 Å². The zero-order valence-corrected chi connectivity index (χ0v) is 21.2. The molecule has 150 valence electrons. The van der Waals surface area contributed by atoms with Crippen molar-refractivity contribution in [1.29, 1.82) is 0 Å². The van der Waals surface area contributed by atoms with E-state index in [1.807, 2.05) is 0 Å². The molecule has 0 saturated heterocycles. The molecule has 0 aromatic carbocycles. The molecule has 0 radical (unpaired) electrons. The fourth-order valence-electron chi connectivity index (χ4n) is 3.10. The van der Waals surface area contributed by atoms with Crippen molar-refractivity contribution in [3.63, 3.8) is 0 Å². The van der Waals surface area contributed by atoms with Crippen LogP contribution in [0, 0.1) is 0 Å². The molecule has 26 heavy (non-hydrogen) atoms. The SMILES string of the molecule is CCC[CH2][Sn]([CH2]CCC)([CH2]CCC)[S]c1nc(NCC)nc(NCC)n1. The van der Waals surface area contributed by atoms with Gasteiger partial charge in [-0.15, -0.1) is 0 Å². The number of nitrogens with zero attached hydrogens (tertiary/aromatic N) is 3. The summed E-state index contributed by atoms with van der Waals surface area (Å²) in [5.74, 6) is 1.42. The molecule has 0 atom stereocenters. The van der Waals surface area contributed by atoms with Crippen LogP contribution in [0.15, 0.2) is 5.16 Å². The van der Waals surface area contributed by atoms with E-state index in [1.54, 1.807) is 0 Å². The van der Waals surface area contributed by atoms with Gasteiger partial charge in [0.15, 0.2) is 0 Å². The van der Waals surface area contributed by atoms with Gasteiger partial charge in [-0.05, 0) is 0 Å². The molecule has 0 aliphatic heterocycles. The zero-order chi connectivity index (χ0) is 19.3. The fraction of sp³-hybridized carbons (Fsp3) is 0.842. The van der Waals surface area contributed by atoms with E-state index in [-0.39, 0.29) is 0 Å². The van der Waals surface area contributed by atoms with Gasteiger partial charge >= 0.3 is 168 Å². The number of anilines is 2. The van der Waals surface area contributed by atoms with Crippen molar-refractivity contribution in [3.8, 4) is 0 Å². The van der Waals surface area contributed by atoms with Gasteiger partial charge in [0.05, 0.1) is 0 Å². The predicted molar refractivity (Wildman–Crippen MR) is 119 cm³/mol. The second-order valence-electron chi connectivity index (χ2n) is 6.92. The van der Waals surface area contributed by atoms with Crippen molar-refractivity contribution in [3.05, 3.63) is 0 Å². The van der Waals surface area contributed by atoms with Gasteiger partial charge in [-0.1, -0.05) is 0 Å². The molecule has 0 fully saturated rings. The normalized spacial score (nSPS) is 11.6. The van der Waals surface area contributed by atoms with Gasteiger partial charge in [-0.25, -0.2) is 0 Å². The first-order valence-electron chi connectivity index (χ1n) is 10.6. The Labute approximate surface area is 167 Å². The molecule has 0 spiro atoms. The fourth-order valence-corrected chi connectivity index (χ4v) is 24.4. The van der Waals surface area contributed by atoms with Crippen LogP contribution >= 0.6 is 8.95 Å². The summed E-state index contributed by atoms with van der Waals surface area (Å²) in [7, 11) is 2.10. The molecule has 1 aromatic heterocycles. The second-order valence-corrected chi connectivity index (χ2v) is 26.1. The van der Waals surface area contributed by atoms with E-state index in [9.17, 15) is 0 Å². The van der Waals surface area contributed by atoms with Crippen LogP contribution in [0.1, 0.15) is 73.1 Å². The monoisotopic (exact) mass is 489 g/mol. The number of aromatic nitrogens is 3. The topological polar surface area (TPSA) is 62.7 Å². The van der Waals surface area contributed by atoms with E-state index in [4.69, 9.17) is 9.97 Å². The Morgan fingerprint density at radius 2 is 1.12 bits per heavy atom. The number of nitrogens with one attached hydrogen (secondary N) is 2. The average Bonchev–Trinajstić information content (AvgIpc) is 2.63. The van der Waals surface area contributed by atoms with E-state index in [2.05, 4.69) is 59.2 Å². The van der Waals surface area contributed by atoms with Crippen LogP contribution in [0.4, 0.5) is 11.9 Å². The van der Waals surface area contributed by atoms with Gasteiger partial charge in [0.25, 0.3) is 0 Å². The number of hydrogen-bond acceptors (Lipinski definition) is 6. The summed E-state index contributed by atoms with van der Waals surface area (Å²) < 4.78 is 4.36. The third-order valence-corrected chi connectivity index (χ3v) is 25.6. The quantitative estimate of drug-likeness (QED) is 0.288. The summed E-state index contributed by atoms with van der Waals surface area (Å²) in [6.45, 7) is 12.8. The van der Waals surface area contributed by atoms with Gasteiger partial charge in [-0.2, -0.15) is 0 Å². The van der Waals surface area contributed by atoms with E-state index in [0.29, 0.717) is 11.9 Å². The van der Waals surface area contributed by atoms with Crippen LogP contribution < -0.4 is 10.6 Å². The van der Waals surface area contributed by atoms with Crippen molar-refractivity contribution in [1.82, 2.24) is 15.0 Å². The molecule has 0 bridgehead atoms. The first-order valence-corrected chi connectivity index (χ1v) is 20.9. The molecule has 7 heteroatoms. The summed E-state index contributed by atoms with van der Waals surface area (Å²) in [5.41, 5.74) is 0. The Bertz CT molecular complexity index is 455. The number of hydrogen-bond donors (Lipinski definition) is 2. The first-order chi connectivity index (χ1) is 12.6. The van der Waals surface area contributed by atoms with Crippen LogP contribution in [0.3, 0.4) is 0 Å². The van der Waals surface area contributed by atoms with Crippen molar-refractivity contribution in [2.45, 2.75) is 91.6 Å². The molecule has 5 nitrogen and oxygen atoms in total. The standard InChI is InChI=1S/C7H13N5S.3C4H9.Sn/c1-3-8-5-10-6(9-4-2)12-7(13)11-5;3*1-3-4-2;/h3-4H2,1-2H3,(H3,8,9,10,11,12,13);3*1,3-4H2,2H3;/q;;;;+1/p-1. The van der Waals surface area contributed by atoms with E-state index in [0.717, 1.165) is 18.2 Å². The molecule has 0 unspecified atom stereocenters. The Hall–Kier alpha value is -0.241. The summed E-state index contributed by atoms with van der Waals surface area (Å²) in [6.07, 6.45) is 7.96. The van der Waals surface area contributed by atoms with Gasteiger partial charge < -0.3 is 0 Å². The van der Waals surface area contributed by atoms with Crippen LogP contribution in [-0.4, -0.2) is 45.0 Å². The Balaban J connectivity index is 3.11. The summed E-state index contributed by atoms with van der Waals surface area (Å²) in [4.78, 5) is 14.0. The van der Waals surface area contributed by atoms with Crippen LogP contribution in [-0.2, 0) is 0 Å². The van der Waals surface area contributed by atoms with Crippen molar-refractivity contribution >= 4 is 37.8 Å². The molecular formula is C19H39N5SSn. The second kappa shape index (κ2) is 13.9. The molecule has 0 aliphatic rings. The minimum absolute atomic E-state index is 0.711. The van der Waals surface area contributed by atoms with Crippen molar-refractivity contribution in [2.24, 2.45) is 0 Å². The number of unbranched alkanes of at least 4 members (excludes halogenated alkanes) is 3. The Morgan fingerprint density at radius 1 is 0.692 bits per heavy atom. The average molecular weight is 488 g/mol. The molecule has 1 aromatic rings. The van der Waals surface area contributed by atoms with Crippen molar-refractivity contribution in [2.75, 3.05) is 23.7 Å². The van der Waals surface area contributed by atoms with Crippen LogP contribution in [0.25, 0.3) is 0 Å². The molecule has 2 N–H and O–H groups in total. The zero-order valence-electron chi connectivity index (χ0n) is 17.5. The maximum absolute atomic E-state index is 4.76. The van der Waals surface area contributed by atoms with E-state index >= 15 is 0 Å². The van der Waals surface area contributed by atoms with E-state index in [1.165, 1.54) is 51.8 Å². The Morgan fingerprint density at radius 3 is 1.46 bits per heavy atom. The number of rotatable bonds is 15. The van der Waals surface area contributed by atoms with Gasteiger partial charge in [0, 0.05) is 0 Å². The van der Waals surface area contributed by atoms with Gasteiger partial charge in [-0.3, -0.25) is 0 Å². The van der Waals surface area contributed by atoms with Crippen molar-refractivity contribution < 1.29 is 0 Å². The first kappa shape index (κ1) is 23.8. The molecular weight excluding hydrogens is 449 g/mol. The van der Waals surface area contributed by atoms with Crippen LogP contribution in [0.2, 0.25) is 13.3 Å². The summed E-state index contributed by atoms with van der Waals surface area (Å²) in [5, 5.41) is 7.49. The molecule has 1 rings (SSSR count). The summed E-state index contributed by atoms with van der Waals surface area (Å²) in [6, 6.07) is 0. The molecule has 0 aliphatic carbocycles. The summed E-state index contributed by atoms with van der Waals surface area (Å²) >= 11 is -2.37. The molecule has 1 heterocycles.